The summed E-state index contributed by atoms with van der Waals surface area (Å²) in [4.78, 5) is 0. The second-order valence-electron chi connectivity index (χ2n) is 1.21. The van der Waals surface area contributed by atoms with Gasteiger partial charge in [0.2, 0.25) is 5.69 Å². The molecule has 0 atom stereocenters. The van der Waals surface area contributed by atoms with Crippen LogP contribution in [0.15, 0.2) is 16.9 Å². The highest BCUT2D eigenvalue weighted by Gasteiger charge is 1.86. The van der Waals surface area contributed by atoms with Gasteiger partial charge in [-0.1, -0.05) is 0 Å². The molecule has 1 heterocycles. The molecule has 0 saturated carbocycles. The van der Waals surface area contributed by atoms with Crippen LogP contribution in [0.2, 0.25) is 0 Å². The molecule has 0 aliphatic heterocycles. The van der Waals surface area contributed by atoms with Crippen LogP contribution < -0.4 is 5.16 Å². The Morgan fingerprint density at radius 2 is 2.67 bits per heavy atom. The van der Waals surface area contributed by atoms with E-state index < -0.39 is 0 Å². The lowest BCUT2D eigenvalue weighted by Gasteiger charge is -1.53. The molecule has 6 heavy (non-hydrogen) atoms. The van der Waals surface area contributed by atoms with Crippen LogP contribution in [0.4, 0.5) is 0 Å². The summed E-state index contributed by atoms with van der Waals surface area (Å²) in [6.45, 7) is 1.93. The third-order valence-electron chi connectivity index (χ3n) is 0.606. The van der Waals surface area contributed by atoms with E-state index in [1.165, 1.54) is 0 Å². The Labute approximate surface area is 35.8 Å². The number of aromatic amines is 1. The van der Waals surface area contributed by atoms with E-state index >= 15 is 0 Å². The normalized spacial score (nSPS) is 8.83. The maximum Gasteiger partial charge on any atom is 0.225 e. The summed E-state index contributed by atoms with van der Waals surface area (Å²) in [5.74, 6) is 0. The third-order valence-corrected chi connectivity index (χ3v) is 0.606. The van der Waals surface area contributed by atoms with E-state index in [4.69, 9.17) is 0 Å². The van der Waals surface area contributed by atoms with E-state index in [1.807, 2.05) is 13.0 Å². The van der Waals surface area contributed by atoms with Crippen molar-refractivity contribution in [1.29, 1.82) is 0 Å². The minimum Gasteiger partial charge on any atom is -0.247 e. The molecule has 0 aromatic carbocycles. The second kappa shape index (κ2) is 1.12. The van der Waals surface area contributed by atoms with Gasteiger partial charge in [-0.3, -0.25) is 0 Å². The zero-order valence-corrected chi connectivity index (χ0v) is 3.56. The summed E-state index contributed by atoms with van der Waals surface area (Å²) >= 11 is 0. The first-order valence-corrected chi connectivity index (χ1v) is 1.81. The Bertz CT molecular complexity index is 111. The van der Waals surface area contributed by atoms with Gasteiger partial charge < -0.3 is 0 Å². The highest BCUT2D eigenvalue weighted by Crippen LogP contribution is 1.79. The molecule has 0 saturated heterocycles. The summed E-state index contributed by atoms with van der Waals surface area (Å²) < 4.78 is 4.59. The van der Waals surface area contributed by atoms with Gasteiger partial charge in [0.1, 0.15) is 0 Å². The van der Waals surface area contributed by atoms with Crippen LogP contribution in [0, 0.1) is 6.92 Å². The number of H-pyrrole nitrogens is 1. The predicted molar refractivity (Wildman–Crippen MR) is 20.0 cm³/mol. The number of hydrogen-bond donors (Lipinski definition) is 0. The van der Waals surface area contributed by atoms with Gasteiger partial charge >= 0.3 is 0 Å². The summed E-state index contributed by atoms with van der Waals surface area (Å²) in [7, 11) is 0. The maximum absolute atomic E-state index is 4.59. The molecule has 1 rings (SSSR count). The summed E-state index contributed by atoms with van der Waals surface area (Å²) in [6, 6.07) is 1.86. The lowest BCUT2D eigenvalue weighted by molar-refractivity contribution is -0.614. The molecule has 0 aliphatic carbocycles. The molecular formula is C4H6NO+. The average Bonchev–Trinajstić information content (AvgIpc) is 1.86. The van der Waals surface area contributed by atoms with Gasteiger partial charge in [0.15, 0.2) is 6.26 Å². The highest BCUT2D eigenvalue weighted by atomic mass is 16.5. The zero-order valence-electron chi connectivity index (χ0n) is 3.56. The Balaban J connectivity index is 3.05. The summed E-state index contributed by atoms with van der Waals surface area (Å²) in [5, 5.41) is 2.62. The molecule has 0 radical (unpaired) electrons. The maximum atomic E-state index is 4.59. The van der Waals surface area contributed by atoms with Crippen molar-refractivity contribution in [2.24, 2.45) is 0 Å². The molecule has 1 aromatic heterocycles. The molecule has 2 heteroatoms. The first-order chi connectivity index (χ1) is 2.89. The van der Waals surface area contributed by atoms with Gasteiger partial charge in [-0.25, -0.2) is 4.52 Å². The van der Waals surface area contributed by atoms with Crippen molar-refractivity contribution < 1.29 is 9.68 Å². The molecule has 2 nitrogen and oxygen atoms in total. The number of nitrogens with one attached hydrogen (secondary N) is 1. The molecule has 0 spiro atoms. The average molecular weight is 84.1 g/mol. The van der Waals surface area contributed by atoms with Crippen molar-refractivity contribution >= 4 is 0 Å². The highest BCUT2D eigenvalue weighted by molar-refractivity contribution is 4.82. The summed E-state index contributed by atoms with van der Waals surface area (Å²) in [5.41, 5.74) is 1.05. The first-order valence-electron chi connectivity index (χ1n) is 1.81. The lowest BCUT2D eigenvalue weighted by Crippen LogP contribution is -1.96. The quantitative estimate of drug-likeness (QED) is 0.447. The van der Waals surface area contributed by atoms with E-state index in [0.717, 1.165) is 5.69 Å². The van der Waals surface area contributed by atoms with E-state index in [0.29, 0.717) is 0 Å². The molecule has 1 aromatic rings. The fourth-order valence-electron chi connectivity index (χ4n) is 0.297. The van der Waals surface area contributed by atoms with Crippen LogP contribution in [0.5, 0.6) is 0 Å². The first kappa shape index (κ1) is 3.40. The van der Waals surface area contributed by atoms with Crippen molar-refractivity contribution in [2.45, 2.75) is 6.92 Å². The van der Waals surface area contributed by atoms with Crippen molar-refractivity contribution in [3.63, 3.8) is 0 Å². The molecule has 0 bridgehead atoms. The van der Waals surface area contributed by atoms with Crippen molar-refractivity contribution in [3.05, 3.63) is 18.0 Å². The van der Waals surface area contributed by atoms with Gasteiger partial charge in [0.05, 0.1) is 6.07 Å². The van der Waals surface area contributed by atoms with Gasteiger partial charge in [0.25, 0.3) is 0 Å². The fraction of sp³-hybridized carbons (Fsp3) is 0.250. The largest absolute Gasteiger partial charge is 0.247 e. The molecule has 1 N–H and O–H groups in total. The molecule has 0 amide bonds. The molecule has 0 aliphatic rings. The van der Waals surface area contributed by atoms with Gasteiger partial charge in [-0.2, -0.15) is 0 Å². The van der Waals surface area contributed by atoms with E-state index in [-0.39, 0.29) is 0 Å². The number of aryl methyl sites for hydroxylation is 1. The van der Waals surface area contributed by atoms with Crippen molar-refractivity contribution in [3.8, 4) is 0 Å². The SMILES string of the molecule is Cc1cco[nH+]1. The van der Waals surface area contributed by atoms with Gasteiger partial charge in [-0.05, 0) is 5.16 Å². The number of hydrogen-bond acceptors (Lipinski definition) is 1. The van der Waals surface area contributed by atoms with Crippen LogP contribution in [-0.2, 0) is 0 Å². The van der Waals surface area contributed by atoms with E-state index in [2.05, 4.69) is 9.68 Å². The van der Waals surface area contributed by atoms with E-state index in [1.54, 1.807) is 6.26 Å². The molecular weight excluding hydrogens is 78.0 g/mol. The van der Waals surface area contributed by atoms with E-state index in [9.17, 15) is 0 Å². The Hall–Kier alpha value is -0.790. The zero-order chi connectivity index (χ0) is 4.41. The van der Waals surface area contributed by atoms with Crippen molar-refractivity contribution in [2.75, 3.05) is 0 Å². The third kappa shape index (κ3) is 0.407. The Kier molecular flexibility index (Phi) is 0.638. The topological polar surface area (TPSA) is 27.3 Å². The van der Waals surface area contributed by atoms with Crippen LogP contribution in [0.1, 0.15) is 5.69 Å². The standard InChI is InChI=1S/C4H5NO/c1-4-2-3-6-5-4/h2-3H,1H3/p+1. The van der Waals surface area contributed by atoms with Gasteiger partial charge in [-0.15, -0.1) is 0 Å². The monoisotopic (exact) mass is 84.0 g/mol. The predicted octanol–water partition coefficient (Wildman–Crippen LogP) is 0.402. The minimum absolute atomic E-state index is 1.05. The smallest absolute Gasteiger partial charge is 0.225 e. The number of aromatic nitrogens is 1. The fourth-order valence-corrected chi connectivity index (χ4v) is 0.297. The Morgan fingerprint density at radius 3 is 2.83 bits per heavy atom. The van der Waals surface area contributed by atoms with Crippen molar-refractivity contribution in [1.82, 2.24) is 0 Å². The Morgan fingerprint density at radius 1 is 1.83 bits per heavy atom. The van der Waals surface area contributed by atoms with Crippen LogP contribution >= 0.6 is 0 Å². The van der Waals surface area contributed by atoms with Crippen LogP contribution in [0.3, 0.4) is 0 Å². The molecule has 0 fully saturated rings. The summed E-state index contributed by atoms with van der Waals surface area (Å²) in [6.07, 6.45) is 1.61. The van der Waals surface area contributed by atoms with Gasteiger partial charge in [0, 0.05) is 6.92 Å². The number of rotatable bonds is 0. The lowest BCUT2D eigenvalue weighted by atomic mass is 10.5. The van der Waals surface area contributed by atoms with Crippen LogP contribution in [0.25, 0.3) is 0 Å². The molecule has 0 unspecified atom stereocenters. The van der Waals surface area contributed by atoms with Crippen LogP contribution in [-0.4, -0.2) is 0 Å². The minimum atomic E-state index is 1.05. The molecule has 32 valence electrons. The second-order valence-corrected chi connectivity index (χ2v) is 1.21.